The fourth-order valence-electron chi connectivity index (χ4n) is 2.28. The molecule has 1 atom stereocenters. The topological polar surface area (TPSA) is 41.0 Å². The van der Waals surface area contributed by atoms with Crippen LogP contribution in [0.5, 0.6) is 0 Å². The number of piperidine rings is 1. The van der Waals surface area contributed by atoms with Crippen LogP contribution in [0.3, 0.4) is 0 Å². The molecule has 2 rings (SSSR count). The summed E-state index contributed by atoms with van der Waals surface area (Å²) in [6.45, 7) is 7.64. The van der Waals surface area contributed by atoms with Crippen LogP contribution in [0.25, 0.3) is 0 Å². The zero-order valence-corrected chi connectivity index (χ0v) is 11.8. The van der Waals surface area contributed by atoms with Crippen LogP contribution in [0, 0.1) is 5.92 Å². The maximum Gasteiger partial charge on any atom is 0.205 e. The summed E-state index contributed by atoms with van der Waals surface area (Å²) in [5.41, 5.74) is 0. The lowest BCUT2D eigenvalue weighted by atomic mass is 9.98. The van der Waals surface area contributed by atoms with Crippen LogP contribution in [-0.4, -0.2) is 36.0 Å². The van der Waals surface area contributed by atoms with Crippen LogP contribution in [0.2, 0.25) is 0 Å². The van der Waals surface area contributed by atoms with Crippen LogP contribution in [-0.2, 0) is 0 Å². The molecule has 0 amide bonds. The Bertz CT molecular complexity index is 348. The summed E-state index contributed by atoms with van der Waals surface area (Å²) in [6.07, 6.45) is 2.59. The highest BCUT2D eigenvalue weighted by atomic mass is 32.1. The van der Waals surface area contributed by atoms with Gasteiger partial charge in [-0.3, -0.25) is 0 Å². The van der Waals surface area contributed by atoms with Gasteiger partial charge in [0.15, 0.2) is 0 Å². The summed E-state index contributed by atoms with van der Waals surface area (Å²) < 4.78 is 4.44. The van der Waals surface area contributed by atoms with Crippen molar-refractivity contribution in [1.82, 2.24) is 14.7 Å². The molecule has 1 N–H and O–H groups in total. The smallest absolute Gasteiger partial charge is 0.205 e. The third kappa shape index (κ3) is 3.16. The summed E-state index contributed by atoms with van der Waals surface area (Å²) in [5.74, 6) is 2.17. The van der Waals surface area contributed by atoms with E-state index in [1.54, 1.807) is 11.5 Å². The van der Waals surface area contributed by atoms with Crippen LogP contribution in [0.4, 0.5) is 5.13 Å². The largest absolute Gasteiger partial charge is 0.347 e. The van der Waals surface area contributed by atoms with Crippen molar-refractivity contribution in [2.24, 2.45) is 5.92 Å². The summed E-state index contributed by atoms with van der Waals surface area (Å²) >= 11 is 1.55. The number of aromatic nitrogens is 2. The molecule has 0 spiro atoms. The SMILES string of the molecule is CNCC1CCCN(c2nc(C(C)C)ns2)C1. The van der Waals surface area contributed by atoms with E-state index in [1.807, 2.05) is 7.05 Å². The maximum atomic E-state index is 4.64. The third-order valence-electron chi connectivity index (χ3n) is 3.23. The number of hydrogen-bond donors (Lipinski definition) is 1. The lowest BCUT2D eigenvalue weighted by Crippen LogP contribution is -2.39. The van der Waals surface area contributed by atoms with Crippen LogP contribution < -0.4 is 10.2 Å². The number of rotatable bonds is 4. The van der Waals surface area contributed by atoms with Crippen molar-refractivity contribution >= 4 is 16.7 Å². The summed E-state index contributed by atoms with van der Waals surface area (Å²) in [7, 11) is 2.03. The standard InChI is InChI=1S/C12H22N4S/c1-9(2)11-14-12(17-15-11)16-6-4-5-10(8-16)7-13-3/h9-10,13H,4-8H2,1-3H3. The Morgan fingerprint density at radius 1 is 1.53 bits per heavy atom. The van der Waals surface area contributed by atoms with Crippen molar-refractivity contribution in [3.8, 4) is 0 Å². The second-order valence-electron chi connectivity index (χ2n) is 5.10. The summed E-state index contributed by atoms with van der Waals surface area (Å²) in [6, 6.07) is 0. The average molecular weight is 254 g/mol. The fourth-order valence-corrected chi connectivity index (χ4v) is 3.13. The average Bonchev–Trinajstić information content (AvgIpc) is 2.79. The highest BCUT2D eigenvalue weighted by molar-refractivity contribution is 7.09. The molecule has 5 heteroatoms. The number of nitrogens with zero attached hydrogens (tertiary/aromatic N) is 3. The minimum absolute atomic E-state index is 0.429. The van der Waals surface area contributed by atoms with Crippen molar-refractivity contribution in [2.45, 2.75) is 32.6 Å². The van der Waals surface area contributed by atoms with Crippen molar-refractivity contribution in [2.75, 3.05) is 31.6 Å². The molecule has 1 fully saturated rings. The van der Waals surface area contributed by atoms with Crippen LogP contribution in [0.1, 0.15) is 38.4 Å². The van der Waals surface area contributed by atoms with Gasteiger partial charge in [-0.15, -0.1) is 0 Å². The Morgan fingerprint density at radius 3 is 3.00 bits per heavy atom. The van der Waals surface area contributed by atoms with E-state index in [0.29, 0.717) is 5.92 Å². The molecule has 1 aromatic heterocycles. The van der Waals surface area contributed by atoms with E-state index in [2.05, 4.69) is 33.4 Å². The molecule has 1 aliphatic heterocycles. The zero-order valence-electron chi connectivity index (χ0n) is 10.9. The van der Waals surface area contributed by atoms with Gasteiger partial charge in [0.2, 0.25) is 5.13 Å². The first-order valence-corrected chi connectivity index (χ1v) is 7.21. The molecule has 0 aromatic carbocycles. The Labute approximate surface area is 108 Å². The second kappa shape index (κ2) is 5.78. The monoisotopic (exact) mass is 254 g/mol. The first kappa shape index (κ1) is 12.8. The first-order valence-electron chi connectivity index (χ1n) is 6.44. The normalized spacial score (nSPS) is 21.2. The van der Waals surface area contributed by atoms with Gasteiger partial charge in [-0.2, -0.15) is 4.37 Å². The van der Waals surface area contributed by atoms with Crippen LogP contribution in [0.15, 0.2) is 0 Å². The molecule has 96 valence electrons. The van der Waals surface area contributed by atoms with Gasteiger partial charge in [0, 0.05) is 30.5 Å². The third-order valence-corrected chi connectivity index (χ3v) is 4.02. The van der Waals surface area contributed by atoms with E-state index in [4.69, 9.17) is 0 Å². The quantitative estimate of drug-likeness (QED) is 0.893. The van der Waals surface area contributed by atoms with Gasteiger partial charge in [0.05, 0.1) is 0 Å². The van der Waals surface area contributed by atoms with Gasteiger partial charge in [-0.25, -0.2) is 4.98 Å². The van der Waals surface area contributed by atoms with E-state index in [1.165, 1.54) is 12.8 Å². The highest BCUT2D eigenvalue weighted by Crippen LogP contribution is 2.26. The number of anilines is 1. The van der Waals surface area contributed by atoms with Crippen molar-refractivity contribution < 1.29 is 0 Å². The minimum atomic E-state index is 0.429. The predicted octanol–water partition coefficient (Wildman–Crippen LogP) is 2.10. The van der Waals surface area contributed by atoms with Gasteiger partial charge in [0.1, 0.15) is 5.82 Å². The van der Waals surface area contributed by atoms with E-state index >= 15 is 0 Å². The Balaban J connectivity index is 2.00. The fraction of sp³-hybridized carbons (Fsp3) is 0.833. The molecular formula is C12H22N4S. The molecule has 0 radical (unpaired) electrons. The molecule has 4 nitrogen and oxygen atoms in total. The van der Waals surface area contributed by atoms with Crippen LogP contribution >= 0.6 is 11.5 Å². The first-order chi connectivity index (χ1) is 8.20. The summed E-state index contributed by atoms with van der Waals surface area (Å²) in [4.78, 5) is 7.04. The molecule has 0 saturated carbocycles. The Kier molecular flexibility index (Phi) is 4.34. The van der Waals surface area contributed by atoms with E-state index in [9.17, 15) is 0 Å². The van der Waals surface area contributed by atoms with Gasteiger partial charge in [-0.05, 0) is 32.4 Å². The van der Waals surface area contributed by atoms with Gasteiger partial charge >= 0.3 is 0 Å². The summed E-state index contributed by atoms with van der Waals surface area (Å²) in [5, 5.41) is 4.38. The molecule has 1 aromatic rings. The Morgan fingerprint density at radius 2 is 2.35 bits per heavy atom. The molecular weight excluding hydrogens is 232 g/mol. The maximum absolute atomic E-state index is 4.64. The van der Waals surface area contributed by atoms with Gasteiger partial charge in [0.25, 0.3) is 0 Å². The molecule has 17 heavy (non-hydrogen) atoms. The zero-order chi connectivity index (χ0) is 12.3. The molecule has 1 aliphatic rings. The van der Waals surface area contributed by atoms with Crippen molar-refractivity contribution in [3.05, 3.63) is 5.82 Å². The van der Waals surface area contributed by atoms with Crippen molar-refractivity contribution in [1.29, 1.82) is 0 Å². The number of hydrogen-bond acceptors (Lipinski definition) is 5. The van der Waals surface area contributed by atoms with E-state index in [-0.39, 0.29) is 0 Å². The molecule has 0 aliphatic carbocycles. The minimum Gasteiger partial charge on any atom is -0.347 e. The highest BCUT2D eigenvalue weighted by Gasteiger charge is 2.22. The molecule has 0 bridgehead atoms. The lowest BCUT2D eigenvalue weighted by Gasteiger charge is -2.32. The Hall–Kier alpha value is -0.680. The molecule has 1 saturated heterocycles. The molecule has 1 unspecified atom stereocenters. The van der Waals surface area contributed by atoms with Gasteiger partial charge < -0.3 is 10.2 Å². The predicted molar refractivity (Wildman–Crippen MR) is 72.9 cm³/mol. The lowest BCUT2D eigenvalue weighted by molar-refractivity contribution is 0.402. The van der Waals surface area contributed by atoms with E-state index in [0.717, 1.165) is 36.5 Å². The number of nitrogens with one attached hydrogen (secondary N) is 1. The van der Waals surface area contributed by atoms with Gasteiger partial charge in [-0.1, -0.05) is 13.8 Å². The molecule has 2 heterocycles. The van der Waals surface area contributed by atoms with E-state index < -0.39 is 0 Å². The second-order valence-corrected chi connectivity index (χ2v) is 5.83. The van der Waals surface area contributed by atoms with Crippen molar-refractivity contribution in [3.63, 3.8) is 0 Å².